The monoisotopic (exact) mass is 292 g/mol. The van der Waals surface area contributed by atoms with Gasteiger partial charge in [0.2, 0.25) is 5.91 Å². The highest BCUT2D eigenvalue weighted by Crippen LogP contribution is 2.19. The summed E-state index contributed by atoms with van der Waals surface area (Å²) < 4.78 is 0. The third-order valence-electron chi connectivity index (χ3n) is 3.63. The van der Waals surface area contributed by atoms with Gasteiger partial charge >= 0.3 is 0 Å². The molecule has 0 saturated heterocycles. The first-order valence-electron chi connectivity index (χ1n) is 7.60. The molecule has 0 heterocycles. The summed E-state index contributed by atoms with van der Waals surface area (Å²) in [5, 5.41) is 12.2. The fraction of sp³-hybridized carbons (Fsp3) is 0.588. The van der Waals surface area contributed by atoms with Gasteiger partial charge in [0.05, 0.1) is 12.1 Å². The lowest BCUT2D eigenvalue weighted by atomic mass is 9.98. The topological polar surface area (TPSA) is 52.6 Å². The van der Waals surface area contributed by atoms with E-state index in [1.54, 1.807) is 0 Å². The van der Waals surface area contributed by atoms with Crippen molar-refractivity contribution in [1.29, 1.82) is 0 Å². The molecule has 2 unspecified atom stereocenters. The number of rotatable bonds is 8. The van der Waals surface area contributed by atoms with Gasteiger partial charge in [0.25, 0.3) is 0 Å². The van der Waals surface area contributed by atoms with Crippen LogP contribution in [-0.2, 0) is 4.79 Å². The molecule has 1 aromatic rings. The van der Waals surface area contributed by atoms with E-state index in [0.29, 0.717) is 6.42 Å². The van der Waals surface area contributed by atoms with Crippen LogP contribution in [0.5, 0.6) is 0 Å². The lowest BCUT2D eigenvalue weighted by molar-refractivity contribution is -0.127. The van der Waals surface area contributed by atoms with Gasteiger partial charge in [0, 0.05) is 6.61 Å². The molecule has 4 nitrogen and oxygen atoms in total. The van der Waals surface area contributed by atoms with Crippen LogP contribution in [0.3, 0.4) is 0 Å². The molecule has 0 aliphatic rings. The molecule has 1 rings (SSSR count). The van der Waals surface area contributed by atoms with Crippen molar-refractivity contribution in [3.63, 3.8) is 0 Å². The summed E-state index contributed by atoms with van der Waals surface area (Å²) in [4.78, 5) is 14.5. The van der Waals surface area contributed by atoms with Gasteiger partial charge in [-0.1, -0.05) is 44.2 Å². The quantitative estimate of drug-likeness (QED) is 0.772. The molecule has 118 valence electrons. The molecular weight excluding hydrogens is 264 g/mol. The Bertz CT molecular complexity index is 410. The SMILES string of the molecule is CC(C)C(C(=O)NC(CCCO)c1ccccc1)N(C)C. The van der Waals surface area contributed by atoms with Crippen molar-refractivity contribution in [2.75, 3.05) is 20.7 Å². The van der Waals surface area contributed by atoms with Crippen molar-refractivity contribution >= 4 is 5.91 Å². The Morgan fingerprint density at radius 1 is 1.24 bits per heavy atom. The fourth-order valence-corrected chi connectivity index (χ4v) is 2.69. The first kappa shape index (κ1) is 17.7. The second-order valence-corrected chi connectivity index (χ2v) is 5.99. The smallest absolute Gasteiger partial charge is 0.238 e. The van der Waals surface area contributed by atoms with Crippen LogP contribution in [0, 0.1) is 5.92 Å². The number of benzene rings is 1. The maximum atomic E-state index is 12.6. The van der Waals surface area contributed by atoms with Gasteiger partial charge in [-0.05, 0) is 38.4 Å². The maximum Gasteiger partial charge on any atom is 0.238 e. The number of carbonyl (C=O) groups is 1. The van der Waals surface area contributed by atoms with Crippen molar-refractivity contribution in [3.8, 4) is 0 Å². The van der Waals surface area contributed by atoms with Crippen molar-refractivity contribution in [3.05, 3.63) is 35.9 Å². The predicted molar refractivity (Wildman–Crippen MR) is 86.0 cm³/mol. The van der Waals surface area contributed by atoms with Crippen LogP contribution in [0.15, 0.2) is 30.3 Å². The number of likely N-dealkylation sites (N-methyl/N-ethyl adjacent to an activating group) is 1. The van der Waals surface area contributed by atoms with Gasteiger partial charge in [-0.3, -0.25) is 9.69 Å². The molecule has 0 aliphatic heterocycles. The molecular formula is C17H28N2O2. The molecule has 0 saturated carbocycles. The number of nitrogens with one attached hydrogen (secondary N) is 1. The number of aliphatic hydroxyl groups excluding tert-OH is 1. The van der Waals surface area contributed by atoms with Gasteiger partial charge in [-0.2, -0.15) is 0 Å². The second-order valence-electron chi connectivity index (χ2n) is 5.99. The van der Waals surface area contributed by atoms with E-state index in [9.17, 15) is 4.79 Å². The third kappa shape index (κ3) is 5.48. The van der Waals surface area contributed by atoms with Crippen LogP contribution in [0.4, 0.5) is 0 Å². The lowest BCUT2D eigenvalue weighted by Crippen LogP contribution is -2.47. The number of hydrogen-bond acceptors (Lipinski definition) is 3. The average Bonchev–Trinajstić information content (AvgIpc) is 2.43. The van der Waals surface area contributed by atoms with E-state index in [1.807, 2.05) is 49.3 Å². The molecule has 0 radical (unpaired) electrons. The maximum absolute atomic E-state index is 12.6. The second kappa shape index (κ2) is 8.80. The van der Waals surface area contributed by atoms with Crippen molar-refractivity contribution in [1.82, 2.24) is 10.2 Å². The van der Waals surface area contributed by atoms with Gasteiger partial charge in [-0.25, -0.2) is 0 Å². The van der Waals surface area contributed by atoms with Crippen molar-refractivity contribution in [2.45, 2.75) is 38.8 Å². The molecule has 0 aromatic heterocycles. The highest BCUT2D eigenvalue weighted by Gasteiger charge is 2.26. The molecule has 0 fully saturated rings. The molecule has 2 atom stereocenters. The molecule has 1 aromatic carbocycles. The lowest BCUT2D eigenvalue weighted by Gasteiger charge is -2.29. The molecule has 1 amide bonds. The Morgan fingerprint density at radius 2 is 1.86 bits per heavy atom. The van der Waals surface area contributed by atoms with E-state index >= 15 is 0 Å². The highest BCUT2D eigenvalue weighted by molar-refractivity contribution is 5.82. The Hall–Kier alpha value is -1.39. The molecule has 21 heavy (non-hydrogen) atoms. The molecule has 4 heteroatoms. The van der Waals surface area contributed by atoms with Crippen molar-refractivity contribution in [2.24, 2.45) is 5.92 Å². The van der Waals surface area contributed by atoms with Crippen LogP contribution < -0.4 is 5.32 Å². The first-order chi connectivity index (χ1) is 9.97. The van der Waals surface area contributed by atoms with Gasteiger partial charge in [0.15, 0.2) is 0 Å². The summed E-state index contributed by atoms with van der Waals surface area (Å²) in [6.07, 6.45) is 1.42. The van der Waals surface area contributed by atoms with E-state index in [4.69, 9.17) is 5.11 Å². The molecule has 0 bridgehead atoms. The number of amides is 1. The van der Waals surface area contributed by atoms with Gasteiger partial charge < -0.3 is 10.4 Å². The summed E-state index contributed by atoms with van der Waals surface area (Å²) >= 11 is 0. The summed E-state index contributed by atoms with van der Waals surface area (Å²) in [5.74, 6) is 0.288. The van der Waals surface area contributed by atoms with Crippen LogP contribution in [0.2, 0.25) is 0 Å². The van der Waals surface area contributed by atoms with Crippen molar-refractivity contribution < 1.29 is 9.90 Å². The van der Waals surface area contributed by atoms with E-state index in [1.165, 1.54) is 0 Å². The summed E-state index contributed by atoms with van der Waals surface area (Å²) in [7, 11) is 3.85. The normalized spacial score (nSPS) is 14.2. The predicted octanol–water partition coefficient (Wildman–Crippen LogP) is 2.20. The zero-order chi connectivity index (χ0) is 15.8. The van der Waals surface area contributed by atoms with E-state index in [2.05, 4.69) is 19.2 Å². The summed E-state index contributed by atoms with van der Waals surface area (Å²) in [5.41, 5.74) is 1.08. The first-order valence-corrected chi connectivity index (χ1v) is 7.60. The zero-order valence-electron chi connectivity index (χ0n) is 13.5. The van der Waals surface area contributed by atoms with Crippen LogP contribution >= 0.6 is 0 Å². The summed E-state index contributed by atoms with van der Waals surface area (Å²) in [6.45, 7) is 4.24. The van der Waals surface area contributed by atoms with Crippen LogP contribution in [-0.4, -0.2) is 42.7 Å². The average molecular weight is 292 g/mol. The zero-order valence-corrected chi connectivity index (χ0v) is 13.5. The number of hydrogen-bond donors (Lipinski definition) is 2. The minimum absolute atomic E-state index is 0.0433. The molecule has 0 aliphatic carbocycles. The number of nitrogens with zero attached hydrogens (tertiary/aromatic N) is 1. The van der Waals surface area contributed by atoms with Gasteiger partial charge in [0.1, 0.15) is 0 Å². The standard InChI is InChI=1S/C17H28N2O2/c1-13(2)16(19(3)4)17(21)18-15(11-8-12-20)14-9-6-5-7-10-14/h5-7,9-10,13,15-16,20H,8,11-12H2,1-4H3,(H,18,21). The number of carbonyl (C=O) groups excluding carboxylic acids is 1. The van der Waals surface area contributed by atoms with E-state index < -0.39 is 0 Å². The highest BCUT2D eigenvalue weighted by atomic mass is 16.3. The van der Waals surface area contributed by atoms with E-state index in [0.717, 1.165) is 12.0 Å². The van der Waals surface area contributed by atoms with E-state index in [-0.39, 0.29) is 30.5 Å². The Morgan fingerprint density at radius 3 is 2.33 bits per heavy atom. The third-order valence-corrected chi connectivity index (χ3v) is 3.63. The fourth-order valence-electron chi connectivity index (χ4n) is 2.69. The minimum atomic E-state index is -0.148. The Kier molecular flexibility index (Phi) is 7.40. The molecule has 0 spiro atoms. The Balaban J connectivity index is 2.83. The van der Waals surface area contributed by atoms with Crippen LogP contribution in [0.1, 0.15) is 38.3 Å². The van der Waals surface area contributed by atoms with Crippen LogP contribution in [0.25, 0.3) is 0 Å². The Labute approximate surface area is 128 Å². The molecule has 2 N–H and O–H groups in total. The minimum Gasteiger partial charge on any atom is -0.396 e. The van der Waals surface area contributed by atoms with Gasteiger partial charge in [-0.15, -0.1) is 0 Å². The summed E-state index contributed by atoms with van der Waals surface area (Å²) in [6, 6.07) is 9.74. The number of aliphatic hydroxyl groups is 1. The largest absolute Gasteiger partial charge is 0.396 e.